The predicted molar refractivity (Wildman–Crippen MR) is 71.8 cm³/mol. The predicted octanol–water partition coefficient (Wildman–Crippen LogP) is 1.77. The molecule has 6 nitrogen and oxygen atoms in total. The maximum atomic E-state index is 11.2. The number of ether oxygens (including phenoxy) is 3. The van der Waals surface area contributed by atoms with Crippen molar-refractivity contribution in [2.24, 2.45) is 0 Å². The van der Waals surface area contributed by atoms with Crippen LogP contribution in [0.15, 0.2) is 11.6 Å². The van der Waals surface area contributed by atoms with Crippen LogP contribution >= 0.6 is 0 Å². The fourth-order valence-corrected chi connectivity index (χ4v) is 1.53. The summed E-state index contributed by atoms with van der Waals surface area (Å²) in [5.41, 5.74) is 0.909. The Hall–Kier alpha value is -1.85. The Kier molecular flexibility index (Phi) is 9.07. The zero-order valence-electron chi connectivity index (χ0n) is 12.4. The number of carbonyl (C=O) groups is 3. The van der Waals surface area contributed by atoms with E-state index in [0.29, 0.717) is 12.8 Å². The lowest BCUT2D eigenvalue weighted by Crippen LogP contribution is -2.17. The molecule has 0 aromatic carbocycles. The molecule has 1 unspecified atom stereocenters. The monoisotopic (exact) mass is 286 g/mol. The van der Waals surface area contributed by atoms with E-state index in [2.05, 4.69) is 4.74 Å². The van der Waals surface area contributed by atoms with Gasteiger partial charge in [0.2, 0.25) is 0 Å². The van der Waals surface area contributed by atoms with E-state index < -0.39 is 11.9 Å². The zero-order valence-corrected chi connectivity index (χ0v) is 12.4. The zero-order chi connectivity index (χ0) is 15.5. The normalized spacial score (nSPS) is 12.5. The van der Waals surface area contributed by atoms with Crippen LogP contribution in [0.4, 0.5) is 0 Å². The molecule has 0 radical (unpaired) electrons. The minimum Gasteiger partial charge on any atom is -0.469 e. The Bertz CT molecular complexity index is 372. The van der Waals surface area contributed by atoms with Crippen LogP contribution in [0, 0.1) is 0 Å². The van der Waals surface area contributed by atoms with Crippen LogP contribution in [0.1, 0.15) is 40.0 Å². The largest absolute Gasteiger partial charge is 0.469 e. The summed E-state index contributed by atoms with van der Waals surface area (Å²) in [6.07, 6.45) is 2.39. The van der Waals surface area contributed by atoms with E-state index in [-0.39, 0.29) is 25.1 Å². The molecule has 114 valence electrons. The second-order valence-corrected chi connectivity index (χ2v) is 4.22. The second-order valence-electron chi connectivity index (χ2n) is 4.22. The maximum Gasteiger partial charge on any atom is 0.317 e. The SMILES string of the molecule is CCC(OC(C)=O)/C(C)=C/CCOC(=O)CC(=O)OC. The van der Waals surface area contributed by atoms with Crippen molar-refractivity contribution < 1.29 is 28.6 Å². The van der Waals surface area contributed by atoms with E-state index in [0.717, 1.165) is 5.57 Å². The van der Waals surface area contributed by atoms with Gasteiger partial charge in [0.15, 0.2) is 0 Å². The lowest BCUT2D eigenvalue weighted by molar-refractivity contribution is -0.153. The molecule has 0 aliphatic heterocycles. The van der Waals surface area contributed by atoms with Crippen molar-refractivity contribution in [2.75, 3.05) is 13.7 Å². The number of methoxy groups -OCH3 is 1. The fraction of sp³-hybridized carbons (Fsp3) is 0.643. The topological polar surface area (TPSA) is 78.9 Å². The molecule has 0 aromatic rings. The molecule has 20 heavy (non-hydrogen) atoms. The molecule has 0 amide bonds. The lowest BCUT2D eigenvalue weighted by atomic mass is 10.1. The molecule has 1 atom stereocenters. The highest BCUT2D eigenvalue weighted by atomic mass is 16.5. The average molecular weight is 286 g/mol. The van der Waals surface area contributed by atoms with Gasteiger partial charge < -0.3 is 14.2 Å². The first kappa shape index (κ1) is 18.1. The number of carbonyl (C=O) groups excluding carboxylic acids is 3. The van der Waals surface area contributed by atoms with Gasteiger partial charge in [-0.1, -0.05) is 13.0 Å². The average Bonchev–Trinajstić information content (AvgIpc) is 2.40. The lowest BCUT2D eigenvalue weighted by Gasteiger charge is -2.15. The highest BCUT2D eigenvalue weighted by molar-refractivity contribution is 5.91. The van der Waals surface area contributed by atoms with Crippen LogP contribution in [0.2, 0.25) is 0 Å². The Labute approximate surface area is 119 Å². The summed E-state index contributed by atoms with van der Waals surface area (Å²) in [5.74, 6) is -1.56. The summed E-state index contributed by atoms with van der Waals surface area (Å²) in [4.78, 5) is 32.9. The third kappa shape index (κ3) is 8.29. The first-order chi connectivity index (χ1) is 9.40. The highest BCUT2D eigenvalue weighted by Crippen LogP contribution is 2.11. The van der Waals surface area contributed by atoms with Crippen molar-refractivity contribution in [3.05, 3.63) is 11.6 Å². The van der Waals surface area contributed by atoms with Crippen LogP contribution < -0.4 is 0 Å². The van der Waals surface area contributed by atoms with Crippen LogP contribution in [0.25, 0.3) is 0 Å². The molecule has 0 aliphatic rings. The molecule has 0 bridgehead atoms. The third-order valence-corrected chi connectivity index (χ3v) is 2.55. The van der Waals surface area contributed by atoms with Gasteiger partial charge in [-0.3, -0.25) is 14.4 Å². The molecular formula is C14H22O6. The van der Waals surface area contributed by atoms with Crippen LogP contribution in [-0.2, 0) is 28.6 Å². The smallest absolute Gasteiger partial charge is 0.317 e. The summed E-state index contributed by atoms with van der Waals surface area (Å²) < 4.78 is 14.3. The Morgan fingerprint density at radius 1 is 1.15 bits per heavy atom. The second kappa shape index (κ2) is 10.00. The van der Waals surface area contributed by atoms with E-state index >= 15 is 0 Å². The molecule has 0 fully saturated rings. The Balaban J connectivity index is 4.07. The molecule has 0 heterocycles. The fourth-order valence-electron chi connectivity index (χ4n) is 1.53. The van der Waals surface area contributed by atoms with Gasteiger partial charge in [-0.15, -0.1) is 0 Å². The molecule has 0 N–H and O–H groups in total. The van der Waals surface area contributed by atoms with Gasteiger partial charge in [0.05, 0.1) is 13.7 Å². The first-order valence-electron chi connectivity index (χ1n) is 6.47. The van der Waals surface area contributed by atoms with Crippen molar-refractivity contribution in [1.29, 1.82) is 0 Å². The highest BCUT2D eigenvalue weighted by Gasteiger charge is 2.12. The Morgan fingerprint density at radius 2 is 1.80 bits per heavy atom. The quantitative estimate of drug-likeness (QED) is 0.222. The van der Waals surface area contributed by atoms with Crippen molar-refractivity contribution >= 4 is 17.9 Å². The maximum absolute atomic E-state index is 11.2. The van der Waals surface area contributed by atoms with Crippen LogP contribution in [-0.4, -0.2) is 37.7 Å². The van der Waals surface area contributed by atoms with E-state index in [1.54, 1.807) is 0 Å². The summed E-state index contributed by atoms with van der Waals surface area (Å²) >= 11 is 0. The minimum absolute atomic E-state index is 0.170. The third-order valence-electron chi connectivity index (χ3n) is 2.55. The van der Waals surface area contributed by atoms with E-state index in [1.165, 1.54) is 14.0 Å². The first-order valence-corrected chi connectivity index (χ1v) is 6.47. The molecule has 0 aliphatic carbocycles. The van der Waals surface area contributed by atoms with Crippen molar-refractivity contribution in [1.82, 2.24) is 0 Å². The number of esters is 3. The molecule has 0 saturated carbocycles. The molecule has 0 aromatic heterocycles. The summed E-state index contributed by atoms with van der Waals surface area (Å²) in [6, 6.07) is 0. The van der Waals surface area contributed by atoms with Gasteiger partial charge in [-0.05, 0) is 25.3 Å². The molecular weight excluding hydrogens is 264 g/mol. The van der Waals surface area contributed by atoms with Gasteiger partial charge in [-0.2, -0.15) is 0 Å². The van der Waals surface area contributed by atoms with Crippen molar-refractivity contribution in [3.8, 4) is 0 Å². The summed E-state index contributed by atoms with van der Waals surface area (Å²) in [5, 5.41) is 0. The van der Waals surface area contributed by atoms with Gasteiger partial charge >= 0.3 is 17.9 Å². The summed E-state index contributed by atoms with van der Waals surface area (Å²) in [6.45, 7) is 5.31. The van der Waals surface area contributed by atoms with Crippen LogP contribution in [0.3, 0.4) is 0 Å². The van der Waals surface area contributed by atoms with Gasteiger partial charge in [-0.25, -0.2) is 0 Å². The van der Waals surface area contributed by atoms with Crippen molar-refractivity contribution in [2.45, 2.75) is 46.1 Å². The number of hydrogen-bond acceptors (Lipinski definition) is 6. The summed E-state index contributed by atoms with van der Waals surface area (Å²) in [7, 11) is 1.21. The van der Waals surface area contributed by atoms with E-state index in [1.807, 2.05) is 19.9 Å². The number of rotatable bonds is 8. The standard InChI is InChI=1S/C14H22O6/c1-5-12(20-11(3)15)10(2)7-6-8-19-14(17)9-13(16)18-4/h7,12H,5-6,8-9H2,1-4H3/b10-7+. The van der Waals surface area contributed by atoms with Crippen molar-refractivity contribution in [3.63, 3.8) is 0 Å². The Morgan fingerprint density at radius 3 is 2.30 bits per heavy atom. The molecule has 6 heteroatoms. The van der Waals surface area contributed by atoms with E-state index in [9.17, 15) is 14.4 Å². The molecule has 0 saturated heterocycles. The molecule has 0 rings (SSSR count). The van der Waals surface area contributed by atoms with E-state index in [4.69, 9.17) is 9.47 Å². The minimum atomic E-state index is -0.623. The van der Waals surface area contributed by atoms with Gasteiger partial charge in [0.1, 0.15) is 12.5 Å². The van der Waals surface area contributed by atoms with Gasteiger partial charge in [0.25, 0.3) is 0 Å². The molecule has 0 spiro atoms. The number of hydrogen-bond donors (Lipinski definition) is 0. The van der Waals surface area contributed by atoms with Crippen LogP contribution in [0.5, 0.6) is 0 Å². The van der Waals surface area contributed by atoms with Gasteiger partial charge in [0, 0.05) is 6.92 Å².